The summed E-state index contributed by atoms with van der Waals surface area (Å²) in [5.74, 6) is 1.70. The minimum Gasteiger partial charge on any atom is -0.490 e. The molecule has 0 radical (unpaired) electrons. The largest absolute Gasteiger partial charge is 0.490 e. The van der Waals surface area contributed by atoms with Crippen molar-refractivity contribution in [2.24, 2.45) is 0 Å². The number of para-hydroxylation sites is 1. The summed E-state index contributed by atoms with van der Waals surface area (Å²) in [6, 6.07) is 15.9. The van der Waals surface area contributed by atoms with Crippen molar-refractivity contribution in [1.82, 2.24) is 5.32 Å². The standard InChI is InChI=1S/C20H25NO3/c1-2-5-18-6-3-4-7-20(18)24-15-14-23-19-10-8-17(9-11-19)16-21-12-13-22/h2-4,6-11,21-22H,1,5,12-16H2. The van der Waals surface area contributed by atoms with Crippen LogP contribution in [0.4, 0.5) is 0 Å². The second-order valence-corrected chi connectivity index (χ2v) is 5.34. The van der Waals surface area contributed by atoms with Crippen molar-refractivity contribution in [3.8, 4) is 11.5 Å². The van der Waals surface area contributed by atoms with Gasteiger partial charge in [-0.05, 0) is 35.7 Å². The first-order valence-electron chi connectivity index (χ1n) is 8.18. The van der Waals surface area contributed by atoms with E-state index in [2.05, 4.69) is 11.9 Å². The zero-order valence-electron chi connectivity index (χ0n) is 13.9. The van der Waals surface area contributed by atoms with E-state index in [4.69, 9.17) is 14.6 Å². The van der Waals surface area contributed by atoms with Gasteiger partial charge >= 0.3 is 0 Å². The van der Waals surface area contributed by atoms with Crippen molar-refractivity contribution in [1.29, 1.82) is 0 Å². The van der Waals surface area contributed by atoms with Gasteiger partial charge in [0, 0.05) is 13.1 Å². The molecule has 0 saturated carbocycles. The van der Waals surface area contributed by atoms with Crippen molar-refractivity contribution in [3.63, 3.8) is 0 Å². The third kappa shape index (κ3) is 6.07. The number of allylic oxidation sites excluding steroid dienone is 1. The van der Waals surface area contributed by atoms with Gasteiger partial charge < -0.3 is 19.9 Å². The normalized spacial score (nSPS) is 10.4. The Bertz CT molecular complexity index is 611. The number of benzene rings is 2. The molecule has 4 heteroatoms. The van der Waals surface area contributed by atoms with Crippen molar-refractivity contribution in [3.05, 3.63) is 72.3 Å². The molecule has 4 nitrogen and oxygen atoms in total. The van der Waals surface area contributed by atoms with Gasteiger partial charge in [-0.25, -0.2) is 0 Å². The summed E-state index contributed by atoms with van der Waals surface area (Å²) in [6.07, 6.45) is 2.67. The molecule has 2 N–H and O–H groups in total. The minimum atomic E-state index is 0.150. The van der Waals surface area contributed by atoms with Crippen LogP contribution in [0, 0.1) is 0 Å². The molecule has 2 rings (SSSR count). The van der Waals surface area contributed by atoms with Crippen LogP contribution in [0.2, 0.25) is 0 Å². The zero-order valence-corrected chi connectivity index (χ0v) is 13.9. The highest BCUT2D eigenvalue weighted by molar-refractivity contribution is 5.34. The third-order valence-corrected chi connectivity index (χ3v) is 3.49. The summed E-state index contributed by atoms with van der Waals surface area (Å²) in [5.41, 5.74) is 2.29. The number of hydrogen-bond donors (Lipinski definition) is 2. The molecule has 0 heterocycles. The van der Waals surface area contributed by atoms with E-state index in [1.165, 1.54) is 0 Å². The number of aliphatic hydroxyl groups is 1. The number of rotatable bonds is 11. The number of hydrogen-bond acceptors (Lipinski definition) is 4. The van der Waals surface area contributed by atoms with E-state index in [-0.39, 0.29) is 6.61 Å². The molecule has 0 spiro atoms. The van der Waals surface area contributed by atoms with Crippen LogP contribution in [-0.2, 0) is 13.0 Å². The molecule has 128 valence electrons. The van der Waals surface area contributed by atoms with Gasteiger partial charge in [0.2, 0.25) is 0 Å². The SMILES string of the molecule is C=CCc1ccccc1OCCOc1ccc(CNCCO)cc1. The highest BCUT2D eigenvalue weighted by atomic mass is 16.5. The second-order valence-electron chi connectivity index (χ2n) is 5.34. The van der Waals surface area contributed by atoms with E-state index in [1.807, 2.05) is 54.6 Å². The van der Waals surface area contributed by atoms with E-state index in [0.29, 0.717) is 19.8 Å². The molecule has 24 heavy (non-hydrogen) atoms. The summed E-state index contributed by atoms with van der Waals surface area (Å²) in [5, 5.41) is 11.9. The summed E-state index contributed by atoms with van der Waals surface area (Å²) in [7, 11) is 0. The van der Waals surface area contributed by atoms with Gasteiger partial charge in [-0.3, -0.25) is 0 Å². The second kappa shape index (κ2) is 10.5. The topological polar surface area (TPSA) is 50.7 Å². The predicted octanol–water partition coefficient (Wildman–Crippen LogP) is 2.95. The first-order chi connectivity index (χ1) is 11.8. The summed E-state index contributed by atoms with van der Waals surface area (Å²) in [4.78, 5) is 0. The monoisotopic (exact) mass is 327 g/mol. The van der Waals surface area contributed by atoms with Crippen molar-refractivity contribution >= 4 is 0 Å². The number of aliphatic hydroxyl groups excluding tert-OH is 1. The van der Waals surface area contributed by atoms with Gasteiger partial charge in [0.1, 0.15) is 24.7 Å². The van der Waals surface area contributed by atoms with E-state index >= 15 is 0 Å². The quantitative estimate of drug-likeness (QED) is 0.492. The van der Waals surface area contributed by atoms with E-state index in [1.54, 1.807) is 0 Å². The summed E-state index contributed by atoms with van der Waals surface area (Å²) < 4.78 is 11.5. The number of nitrogens with one attached hydrogen (secondary N) is 1. The van der Waals surface area contributed by atoms with Crippen LogP contribution in [0.25, 0.3) is 0 Å². The van der Waals surface area contributed by atoms with Crippen LogP contribution < -0.4 is 14.8 Å². The van der Waals surface area contributed by atoms with Crippen LogP contribution in [-0.4, -0.2) is 31.5 Å². The predicted molar refractivity (Wildman–Crippen MR) is 96.6 cm³/mol. The van der Waals surface area contributed by atoms with Gasteiger partial charge in [-0.15, -0.1) is 6.58 Å². The maximum absolute atomic E-state index is 8.74. The van der Waals surface area contributed by atoms with Crippen molar-refractivity contribution < 1.29 is 14.6 Å². The molecule has 0 aliphatic rings. The maximum atomic E-state index is 8.74. The molecule has 2 aromatic rings. The molecule has 0 bridgehead atoms. The van der Waals surface area contributed by atoms with Crippen LogP contribution >= 0.6 is 0 Å². The fraction of sp³-hybridized carbons (Fsp3) is 0.300. The molecule has 0 atom stereocenters. The Balaban J connectivity index is 1.73. The lowest BCUT2D eigenvalue weighted by Crippen LogP contribution is -2.17. The zero-order chi connectivity index (χ0) is 17.0. The third-order valence-electron chi connectivity index (χ3n) is 3.49. The minimum absolute atomic E-state index is 0.150. The Hall–Kier alpha value is -2.30. The maximum Gasteiger partial charge on any atom is 0.122 e. The van der Waals surface area contributed by atoms with Crippen LogP contribution in [0.5, 0.6) is 11.5 Å². The Morgan fingerprint density at radius 3 is 2.50 bits per heavy atom. The van der Waals surface area contributed by atoms with Crippen molar-refractivity contribution in [2.45, 2.75) is 13.0 Å². The molecule has 0 amide bonds. The summed E-state index contributed by atoms with van der Waals surface area (Å²) >= 11 is 0. The Labute approximate surface area is 143 Å². The number of ether oxygens (including phenoxy) is 2. The van der Waals surface area contributed by atoms with E-state index in [9.17, 15) is 0 Å². The summed E-state index contributed by atoms with van der Waals surface area (Å²) in [6.45, 7) is 6.24. The molecule has 0 unspecified atom stereocenters. The molecule has 0 aromatic heterocycles. The fourth-order valence-electron chi connectivity index (χ4n) is 2.30. The first kappa shape index (κ1) is 18.0. The Morgan fingerprint density at radius 1 is 1.00 bits per heavy atom. The average molecular weight is 327 g/mol. The highest BCUT2D eigenvalue weighted by Crippen LogP contribution is 2.19. The molecule has 2 aromatic carbocycles. The fourth-order valence-corrected chi connectivity index (χ4v) is 2.30. The van der Waals surface area contributed by atoms with E-state index < -0.39 is 0 Å². The Morgan fingerprint density at radius 2 is 1.75 bits per heavy atom. The van der Waals surface area contributed by atoms with Crippen LogP contribution in [0.1, 0.15) is 11.1 Å². The lowest BCUT2D eigenvalue weighted by Gasteiger charge is -2.11. The van der Waals surface area contributed by atoms with E-state index in [0.717, 1.165) is 35.6 Å². The lowest BCUT2D eigenvalue weighted by molar-refractivity contribution is 0.216. The van der Waals surface area contributed by atoms with Crippen molar-refractivity contribution in [2.75, 3.05) is 26.4 Å². The molecule has 0 aliphatic heterocycles. The molecule has 0 saturated heterocycles. The molecule has 0 fully saturated rings. The van der Waals surface area contributed by atoms with Gasteiger partial charge in [-0.2, -0.15) is 0 Å². The lowest BCUT2D eigenvalue weighted by atomic mass is 10.1. The smallest absolute Gasteiger partial charge is 0.122 e. The molecular weight excluding hydrogens is 302 g/mol. The Kier molecular flexibility index (Phi) is 7.87. The van der Waals surface area contributed by atoms with Gasteiger partial charge in [0.25, 0.3) is 0 Å². The highest BCUT2D eigenvalue weighted by Gasteiger charge is 2.01. The van der Waals surface area contributed by atoms with Crippen LogP contribution in [0.15, 0.2) is 61.2 Å². The van der Waals surface area contributed by atoms with Gasteiger partial charge in [0.05, 0.1) is 6.61 Å². The van der Waals surface area contributed by atoms with Gasteiger partial charge in [0.15, 0.2) is 0 Å². The molecule has 0 aliphatic carbocycles. The average Bonchev–Trinajstić information content (AvgIpc) is 2.62. The molecular formula is C20H25NO3. The first-order valence-corrected chi connectivity index (χ1v) is 8.18. The van der Waals surface area contributed by atoms with Gasteiger partial charge in [-0.1, -0.05) is 36.4 Å². The van der Waals surface area contributed by atoms with Crippen LogP contribution in [0.3, 0.4) is 0 Å².